The lowest BCUT2D eigenvalue weighted by Crippen LogP contribution is -2.15. The third-order valence-corrected chi connectivity index (χ3v) is 12.0. The summed E-state index contributed by atoms with van der Waals surface area (Å²) in [5.41, 5.74) is -0.371. The van der Waals surface area contributed by atoms with Crippen molar-refractivity contribution in [3.8, 4) is 0 Å². The van der Waals surface area contributed by atoms with Crippen molar-refractivity contribution < 1.29 is 32.0 Å². The van der Waals surface area contributed by atoms with Crippen LogP contribution in [-0.4, -0.2) is 38.1 Å². The first-order valence-corrected chi connectivity index (χ1v) is 25.5. The molecule has 0 amide bonds. The molecule has 1 aromatic rings. The summed E-state index contributed by atoms with van der Waals surface area (Å²) in [6.07, 6.45) is 51.9. The Morgan fingerprint density at radius 1 is 0.448 bits per heavy atom. The highest BCUT2D eigenvalue weighted by Gasteiger charge is 2.23. The van der Waals surface area contributed by atoms with Gasteiger partial charge in [-0.2, -0.15) is 8.42 Å². The maximum atomic E-state index is 12.9. The fourth-order valence-electron chi connectivity index (χ4n) is 7.43. The van der Waals surface area contributed by atoms with Gasteiger partial charge in [0.15, 0.2) is 0 Å². The predicted octanol–water partition coefficient (Wildman–Crippen LogP) is 15.7. The maximum Gasteiger partial charge on any atom is 0.339 e. The average molecular weight is 831 g/mol. The first-order valence-electron chi connectivity index (χ1n) is 24.1. The number of ether oxygens (including phenoxy) is 2. The lowest BCUT2D eigenvalue weighted by molar-refractivity contribution is 0.0502. The van der Waals surface area contributed by atoms with Crippen LogP contribution in [0.15, 0.2) is 47.4 Å². The number of esters is 2. The Kier molecular flexibility index (Phi) is 35.8. The number of hydrogen-bond acceptors (Lipinski definition) is 6. The highest BCUT2D eigenvalue weighted by atomic mass is 32.2. The number of allylic oxidation sites excluding steroid dienone is 2. The summed E-state index contributed by atoms with van der Waals surface area (Å²) < 4.78 is 43.8. The second-order valence-corrected chi connectivity index (χ2v) is 17.9. The van der Waals surface area contributed by atoms with E-state index in [1.54, 1.807) is 12.2 Å². The summed E-state index contributed by atoms with van der Waals surface area (Å²) >= 11 is 0. The van der Waals surface area contributed by atoms with Crippen LogP contribution in [0.3, 0.4) is 0 Å². The van der Waals surface area contributed by atoms with Crippen molar-refractivity contribution in [1.29, 1.82) is 0 Å². The molecule has 1 rings (SSSR count). The van der Waals surface area contributed by atoms with Gasteiger partial charge in [0.2, 0.25) is 0 Å². The van der Waals surface area contributed by atoms with Crippen molar-refractivity contribution in [2.24, 2.45) is 0 Å². The summed E-state index contributed by atoms with van der Waals surface area (Å²) in [7, 11) is -4.59. The van der Waals surface area contributed by atoms with Gasteiger partial charge in [-0.05, 0) is 43.9 Å². The van der Waals surface area contributed by atoms with Gasteiger partial charge in [-0.3, -0.25) is 4.55 Å². The van der Waals surface area contributed by atoms with Gasteiger partial charge in [-0.25, -0.2) is 9.59 Å². The molecule has 0 radical (unpaired) electrons. The fraction of sp³-hybridized carbons (Fsp3) is 0.760. The fourth-order valence-corrected chi connectivity index (χ4v) is 7.93. The normalized spacial score (nSPS) is 11.9. The lowest BCUT2D eigenvalue weighted by atomic mass is 10.0. The second kappa shape index (κ2) is 38.7. The Balaban J connectivity index is 2.21. The molecule has 334 valence electrons. The topological polar surface area (TPSA) is 107 Å². The lowest BCUT2D eigenvalue weighted by Gasteiger charge is -2.10. The number of carbonyl (C=O) groups is 2. The Labute approximate surface area is 356 Å². The van der Waals surface area contributed by atoms with E-state index in [1.165, 1.54) is 199 Å². The van der Waals surface area contributed by atoms with Crippen molar-refractivity contribution in [1.82, 2.24) is 0 Å². The van der Waals surface area contributed by atoms with Gasteiger partial charge < -0.3 is 9.47 Å². The molecule has 0 bridgehead atoms. The van der Waals surface area contributed by atoms with Crippen molar-refractivity contribution in [3.05, 3.63) is 53.6 Å². The number of rotatable bonds is 41. The zero-order valence-corrected chi connectivity index (χ0v) is 38.1. The average Bonchev–Trinajstić information content (AvgIpc) is 3.21. The number of unbranched alkanes of at least 4 members (excludes halogenated alkanes) is 32. The molecule has 0 fully saturated rings. The molecule has 7 nitrogen and oxygen atoms in total. The third kappa shape index (κ3) is 31.5. The van der Waals surface area contributed by atoms with E-state index >= 15 is 0 Å². The van der Waals surface area contributed by atoms with E-state index in [2.05, 4.69) is 13.8 Å². The minimum absolute atomic E-state index is 0.00955. The Hall–Kier alpha value is -2.45. The molecular weight excluding hydrogens is 745 g/mol. The third-order valence-electron chi connectivity index (χ3n) is 11.1. The monoisotopic (exact) mass is 831 g/mol. The van der Waals surface area contributed by atoms with Crippen molar-refractivity contribution >= 4 is 22.1 Å². The van der Waals surface area contributed by atoms with Crippen LogP contribution < -0.4 is 0 Å². The zero-order chi connectivity index (χ0) is 42.2. The van der Waals surface area contributed by atoms with Crippen molar-refractivity contribution in [3.63, 3.8) is 0 Å². The van der Waals surface area contributed by atoms with Crippen LogP contribution in [-0.2, 0) is 19.6 Å². The summed E-state index contributed by atoms with van der Waals surface area (Å²) in [5.74, 6) is -1.62. The first kappa shape index (κ1) is 53.6. The molecule has 0 atom stereocenters. The SMILES string of the molecule is CCCCCCCCCCCCCCCCCC/C=C/COC(=O)c1ccc(S(=O)(=O)O)cc1C(=O)OC/C=C/CCCCCCCCCCCCCCCCCC. The molecule has 0 spiro atoms. The van der Waals surface area contributed by atoms with Crippen LogP contribution in [0.5, 0.6) is 0 Å². The minimum Gasteiger partial charge on any atom is -0.458 e. The molecule has 1 N–H and O–H groups in total. The summed E-state index contributed by atoms with van der Waals surface area (Å²) in [5, 5.41) is 0. The molecule has 0 aliphatic carbocycles. The van der Waals surface area contributed by atoms with Gasteiger partial charge in [0.05, 0.1) is 16.0 Å². The van der Waals surface area contributed by atoms with Gasteiger partial charge in [0, 0.05) is 0 Å². The number of benzene rings is 1. The number of hydrogen-bond donors (Lipinski definition) is 1. The van der Waals surface area contributed by atoms with E-state index in [9.17, 15) is 22.6 Å². The van der Waals surface area contributed by atoms with Crippen LogP contribution in [0.2, 0.25) is 0 Å². The molecule has 0 aliphatic heterocycles. The van der Waals surface area contributed by atoms with Gasteiger partial charge in [-0.1, -0.05) is 231 Å². The molecular formula is C50H86O7S. The van der Waals surface area contributed by atoms with E-state index < -0.39 is 27.0 Å². The van der Waals surface area contributed by atoms with Gasteiger partial charge >= 0.3 is 11.9 Å². The Morgan fingerprint density at radius 3 is 1.05 bits per heavy atom. The van der Waals surface area contributed by atoms with Crippen LogP contribution in [0, 0.1) is 0 Å². The summed E-state index contributed by atoms with van der Waals surface area (Å²) in [4.78, 5) is 25.3. The standard InChI is InChI=1S/C50H86O7S/c1-3-5-7-9-11-13-15-17-19-21-23-25-27-29-31-33-35-37-39-43-56-49(51)47-42-41-46(58(53,54)55)45-48(47)50(52)57-44-40-38-36-34-32-30-28-26-24-22-20-18-16-14-12-10-8-6-4-2/h37-42,45H,3-36,43-44H2,1-2H3,(H,53,54,55)/b39-37+,40-38+. The Morgan fingerprint density at radius 2 is 0.741 bits per heavy atom. The molecule has 0 saturated carbocycles. The minimum atomic E-state index is -4.59. The molecule has 0 aliphatic rings. The summed E-state index contributed by atoms with van der Waals surface area (Å²) in [6.45, 7) is 4.57. The van der Waals surface area contributed by atoms with E-state index in [0.29, 0.717) is 0 Å². The molecule has 1 aromatic carbocycles. The van der Waals surface area contributed by atoms with E-state index in [0.717, 1.165) is 37.8 Å². The van der Waals surface area contributed by atoms with E-state index in [-0.39, 0.29) is 24.3 Å². The van der Waals surface area contributed by atoms with Gasteiger partial charge in [-0.15, -0.1) is 0 Å². The molecule has 0 saturated heterocycles. The maximum absolute atomic E-state index is 12.9. The molecule has 0 heterocycles. The predicted molar refractivity (Wildman–Crippen MR) is 243 cm³/mol. The quantitative estimate of drug-likeness (QED) is 0.0303. The molecule has 0 unspecified atom stereocenters. The van der Waals surface area contributed by atoms with Crippen LogP contribution in [0.1, 0.15) is 253 Å². The number of carbonyl (C=O) groups excluding carboxylic acids is 2. The van der Waals surface area contributed by atoms with Crippen molar-refractivity contribution in [2.75, 3.05) is 13.2 Å². The smallest absolute Gasteiger partial charge is 0.339 e. The van der Waals surface area contributed by atoms with Crippen molar-refractivity contribution in [2.45, 2.75) is 237 Å². The molecule has 0 aromatic heterocycles. The highest BCUT2D eigenvalue weighted by Crippen LogP contribution is 2.20. The second-order valence-electron chi connectivity index (χ2n) is 16.5. The van der Waals surface area contributed by atoms with Crippen LogP contribution in [0.25, 0.3) is 0 Å². The van der Waals surface area contributed by atoms with Gasteiger partial charge in [0.25, 0.3) is 10.1 Å². The molecule has 58 heavy (non-hydrogen) atoms. The molecule has 8 heteroatoms. The zero-order valence-electron chi connectivity index (χ0n) is 37.3. The first-order chi connectivity index (χ1) is 28.3. The van der Waals surface area contributed by atoms with E-state index in [4.69, 9.17) is 9.47 Å². The Bertz CT molecular complexity index is 1300. The van der Waals surface area contributed by atoms with Crippen LogP contribution >= 0.6 is 0 Å². The van der Waals surface area contributed by atoms with Gasteiger partial charge in [0.1, 0.15) is 13.2 Å². The summed E-state index contributed by atoms with van der Waals surface area (Å²) in [6, 6.07) is 3.21. The highest BCUT2D eigenvalue weighted by molar-refractivity contribution is 7.85. The largest absolute Gasteiger partial charge is 0.458 e. The van der Waals surface area contributed by atoms with E-state index in [1.807, 2.05) is 12.2 Å². The van der Waals surface area contributed by atoms with Crippen LogP contribution in [0.4, 0.5) is 0 Å².